The molecule has 190 valence electrons. The van der Waals surface area contributed by atoms with Crippen LogP contribution in [0.2, 0.25) is 10.0 Å². The van der Waals surface area contributed by atoms with E-state index in [1.54, 1.807) is 19.1 Å². The van der Waals surface area contributed by atoms with Crippen LogP contribution in [0.15, 0.2) is 60.7 Å². The Kier molecular flexibility index (Phi) is 9.56. The summed E-state index contributed by atoms with van der Waals surface area (Å²) in [5, 5.41) is 24.0. The first-order valence-electron chi connectivity index (χ1n) is 11.4. The molecule has 0 heterocycles. The number of hydrogen-bond acceptors (Lipinski definition) is 4. The summed E-state index contributed by atoms with van der Waals surface area (Å²) in [6.07, 6.45) is -0.560. The SMILES string of the molecule is CC(NC(=O)CC(CC(=O)O)C(=O)O)C(COc1ccc2ccccc2c1)Cc1ccc(Cl)c(Cl)c1. The van der Waals surface area contributed by atoms with Gasteiger partial charge in [-0.25, -0.2) is 0 Å². The Hall–Kier alpha value is -3.29. The molecular weight excluding hydrogens is 505 g/mol. The molecule has 0 bridgehead atoms. The van der Waals surface area contributed by atoms with Crippen molar-refractivity contribution in [2.75, 3.05) is 6.61 Å². The molecule has 0 radical (unpaired) electrons. The van der Waals surface area contributed by atoms with Gasteiger partial charge in [-0.05, 0) is 53.9 Å². The van der Waals surface area contributed by atoms with E-state index in [2.05, 4.69) is 5.32 Å². The third kappa shape index (κ3) is 7.86. The second-order valence-electron chi connectivity index (χ2n) is 8.73. The van der Waals surface area contributed by atoms with Crippen molar-refractivity contribution in [3.8, 4) is 5.75 Å². The predicted octanol–water partition coefficient (Wildman–Crippen LogP) is 5.45. The molecule has 36 heavy (non-hydrogen) atoms. The lowest BCUT2D eigenvalue weighted by Gasteiger charge is -2.26. The number of carboxylic acids is 2. The number of amides is 1. The summed E-state index contributed by atoms with van der Waals surface area (Å²) in [6, 6.07) is 18.6. The van der Waals surface area contributed by atoms with Gasteiger partial charge in [0.25, 0.3) is 0 Å². The number of ether oxygens (including phenoxy) is 1. The van der Waals surface area contributed by atoms with Crippen LogP contribution in [0.5, 0.6) is 5.75 Å². The number of halogens is 2. The normalized spacial score (nSPS) is 13.5. The second kappa shape index (κ2) is 12.6. The number of hydrogen-bond donors (Lipinski definition) is 3. The minimum atomic E-state index is -1.33. The summed E-state index contributed by atoms with van der Waals surface area (Å²) in [5.74, 6) is -3.98. The fraction of sp³-hybridized carbons (Fsp3) is 0.296. The van der Waals surface area contributed by atoms with Gasteiger partial charge in [0.2, 0.25) is 5.91 Å². The van der Waals surface area contributed by atoms with Crippen LogP contribution < -0.4 is 10.1 Å². The Morgan fingerprint density at radius 1 is 0.917 bits per heavy atom. The number of carbonyl (C=O) groups is 3. The molecule has 0 aliphatic heterocycles. The van der Waals surface area contributed by atoms with Crippen molar-refractivity contribution in [2.45, 2.75) is 32.2 Å². The van der Waals surface area contributed by atoms with Gasteiger partial charge in [-0.3, -0.25) is 14.4 Å². The molecule has 0 fully saturated rings. The van der Waals surface area contributed by atoms with Gasteiger partial charge >= 0.3 is 11.9 Å². The molecule has 0 saturated carbocycles. The summed E-state index contributed by atoms with van der Waals surface area (Å²) < 4.78 is 6.09. The van der Waals surface area contributed by atoms with E-state index < -0.39 is 42.6 Å². The van der Waals surface area contributed by atoms with Gasteiger partial charge in [0.15, 0.2) is 0 Å². The monoisotopic (exact) mass is 531 g/mol. The van der Waals surface area contributed by atoms with Gasteiger partial charge in [-0.1, -0.05) is 59.6 Å². The Morgan fingerprint density at radius 3 is 2.31 bits per heavy atom. The van der Waals surface area contributed by atoms with Crippen LogP contribution in [-0.2, 0) is 20.8 Å². The highest BCUT2D eigenvalue weighted by molar-refractivity contribution is 6.42. The summed E-state index contributed by atoms with van der Waals surface area (Å²) >= 11 is 12.2. The number of carboxylic acid groups (broad SMARTS) is 2. The molecule has 3 aromatic carbocycles. The average Bonchev–Trinajstić information content (AvgIpc) is 2.82. The molecule has 3 atom stereocenters. The molecule has 7 nitrogen and oxygen atoms in total. The zero-order valence-electron chi connectivity index (χ0n) is 19.6. The lowest BCUT2D eigenvalue weighted by Crippen LogP contribution is -2.42. The maximum absolute atomic E-state index is 12.6. The van der Waals surface area contributed by atoms with Crippen molar-refractivity contribution < 1.29 is 29.3 Å². The average molecular weight is 532 g/mol. The number of carbonyl (C=O) groups excluding carboxylic acids is 1. The number of aliphatic carboxylic acids is 2. The van der Waals surface area contributed by atoms with Gasteiger partial charge < -0.3 is 20.3 Å². The molecule has 0 saturated heterocycles. The number of benzene rings is 3. The van der Waals surface area contributed by atoms with E-state index in [0.717, 1.165) is 16.3 Å². The van der Waals surface area contributed by atoms with Crippen molar-refractivity contribution in [1.29, 1.82) is 0 Å². The van der Waals surface area contributed by atoms with Gasteiger partial charge in [0.1, 0.15) is 5.75 Å². The zero-order valence-corrected chi connectivity index (χ0v) is 21.1. The van der Waals surface area contributed by atoms with E-state index in [1.165, 1.54) is 0 Å². The molecular formula is C27H27Cl2NO6. The summed E-state index contributed by atoms with van der Waals surface area (Å²) in [5.41, 5.74) is 0.895. The smallest absolute Gasteiger partial charge is 0.307 e. The van der Waals surface area contributed by atoms with Crippen molar-refractivity contribution in [1.82, 2.24) is 5.32 Å². The second-order valence-corrected chi connectivity index (χ2v) is 9.54. The molecule has 0 spiro atoms. The lowest BCUT2D eigenvalue weighted by atomic mass is 9.93. The molecule has 3 aromatic rings. The van der Waals surface area contributed by atoms with E-state index in [4.69, 9.17) is 33.0 Å². The quantitative estimate of drug-likeness (QED) is 0.286. The van der Waals surface area contributed by atoms with E-state index >= 15 is 0 Å². The van der Waals surface area contributed by atoms with Crippen LogP contribution in [0, 0.1) is 11.8 Å². The highest BCUT2D eigenvalue weighted by Gasteiger charge is 2.27. The Labute approximate surface area is 219 Å². The Morgan fingerprint density at radius 2 is 1.64 bits per heavy atom. The maximum atomic E-state index is 12.6. The van der Waals surface area contributed by atoms with Crippen LogP contribution >= 0.6 is 23.2 Å². The van der Waals surface area contributed by atoms with Gasteiger partial charge in [-0.15, -0.1) is 0 Å². The minimum Gasteiger partial charge on any atom is -0.493 e. The summed E-state index contributed by atoms with van der Waals surface area (Å²) in [6.45, 7) is 2.06. The van der Waals surface area contributed by atoms with E-state index in [9.17, 15) is 19.5 Å². The van der Waals surface area contributed by atoms with Crippen molar-refractivity contribution >= 4 is 51.8 Å². The van der Waals surface area contributed by atoms with Gasteiger partial charge in [0.05, 0.1) is 29.0 Å². The molecule has 3 rings (SSSR count). The number of nitrogens with one attached hydrogen (secondary N) is 1. The molecule has 0 aliphatic rings. The topological polar surface area (TPSA) is 113 Å². The van der Waals surface area contributed by atoms with Crippen LogP contribution in [0.25, 0.3) is 10.8 Å². The molecule has 0 aliphatic carbocycles. The van der Waals surface area contributed by atoms with E-state index in [1.807, 2.05) is 48.5 Å². The molecule has 0 aromatic heterocycles. The first-order chi connectivity index (χ1) is 17.1. The predicted molar refractivity (Wildman–Crippen MR) is 139 cm³/mol. The minimum absolute atomic E-state index is 0.208. The molecule has 9 heteroatoms. The molecule has 3 N–H and O–H groups in total. The van der Waals surface area contributed by atoms with E-state index in [0.29, 0.717) is 22.2 Å². The number of rotatable bonds is 12. The van der Waals surface area contributed by atoms with Crippen LogP contribution in [-0.4, -0.2) is 40.7 Å². The standard InChI is InChI=1S/C27H27Cl2NO6/c1-16(30-25(31)13-20(27(34)35)14-26(32)33)21(10-17-6-9-23(28)24(29)11-17)15-36-22-8-7-18-4-2-3-5-19(18)12-22/h2-9,11-12,16,20-21H,10,13-15H2,1H3,(H,30,31)(H,32,33)(H,34,35). The van der Waals surface area contributed by atoms with Crippen molar-refractivity contribution in [2.24, 2.45) is 11.8 Å². The summed E-state index contributed by atoms with van der Waals surface area (Å²) in [4.78, 5) is 34.9. The van der Waals surface area contributed by atoms with E-state index in [-0.39, 0.29) is 12.5 Å². The summed E-state index contributed by atoms with van der Waals surface area (Å²) in [7, 11) is 0. The molecule has 3 unspecified atom stereocenters. The fourth-order valence-electron chi connectivity index (χ4n) is 3.92. The van der Waals surface area contributed by atoms with Gasteiger partial charge in [0, 0.05) is 18.4 Å². The van der Waals surface area contributed by atoms with Gasteiger partial charge in [-0.2, -0.15) is 0 Å². The first kappa shape index (κ1) is 27.3. The fourth-order valence-corrected chi connectivity index (χ4v) is 4.24. The Balaban J connectivity index is 1.73. The van der Waals surface area contributed by atoms with Crippen LogP contribution in [0.4, 0.5) is 0 Å². The Bertz CT molecular complexity index is 1250. The number of fused-ring (bicyclic) bond motifs is 1. The maximum Gasteiger partial charge on any atom is 0.307 e. The van der Waals surface area contributed by atoms with Crippen molar-refractivity contribution in [3.05, 3.63) is 76.3 Å². The highest BCUT2D eigenvalue weighted by atomic mass is 35.5. The third-order valence-corrected chi connectivity index (χ3v) is 6.70. The molecule has 1 amide bonds. The highest BCUT2D eigenvalue weighted by Crippen LogP contribution is 2.26. The van der Waals surface area contributed by atoms with Crippen LogP contribution in [0.1, 0.15) is 25.3 Å². The van der Waals surface area contributed by atoms with Crippen LogP contribution in [0.3, 0.4) is 0 Å². The van der Waals surface area contributed by atoms with Crippen molar-refractivity contribution in [3.63, 3.8) is 0 Å². The third-order valence-electron chi connectivity index (χ3n) is 5.96. The lowest BCUT2D eigenvalue weighted by molar-refractivity contribution is -0.149. The largest absolute Gasteiger partial charge is 0.493 e. The first-order valence-corrected chi connectivity index (χ1v) is 12.2. The zero-order chi connectivity index (χ0) is 26.2.